The van der Waals surface area contributed by atoms with Gasteiger partial charge < -0.3 is 20.9 Å². The summed E-state index contributed by atoms with van der Waals surface area (Å²) in [6.07, 6.45) is 18.8. The summed E-state index contributed by atoms with van der Waals surface area (Å²) in [6.45, 7) is 4.66. The van der Waals surface area contributed by atoms with Crippen LogP contribution in [0.25, 0.3) is 0 Å². The minimum Gasteiger partial charge on any atom is -0.457 e. The first-order chi connectivity index (χ1) is 22.0. The molecule has 0 saturated carbocycles. The Labute approximate surface area is 272 Å². The van der Waals surface area contributed by atoms with Crippen molar-refractivity contribution in [3.63, 3.8) is 0 Å². The van der Waals surface area contributed by atoms with E-state index in [0.29, 0.717) is 0 Å². The number of benzene rings is 4. The third-order valence-electron chi connectivity index (χ3n) is 8.99. The van der Waals surface area contributed by atoms with Crippen LogP contribution in [0.1, 0.15) is 115 Å². The number of unbranched alkanes of at least 4 members (excludes halogenated alkanes) is 12. The summed E-state index contributed by atoms with van der Waals surface area (Å²) < 4.78 is 12.2. The summed E-state index contributed by atoms with van der Waals surface area (Å²) in [5.74, 6) is 3.20. The Morgan fingerprint density at radius 3 is 1.04 bits per heavy atom. The average molecular weight is 607 g/mol. The van der Waals surface area contributed by atoms with Crippen molar-refractivity contribution < 1.29 is 9.47 Å². The Bertz CT molecular complexity index is 1270. The summed E-state index contributed by atoms with van der Waals surface area (Å²) in [4.78, 5) is 0. The van der Waals surface area contributed by atoms with Crippen LogP contribution in [0.2, 0.25) is 0 Å². The van der Waals surface area contributed by atoms with Crippen LogP contribution in [0.3, 0.4) is 0 Å². The van der Waals surface area contributed by atoms with Crippen molar-refractivity contribution in [1.82, 2.24) is 0 Å². The van der Waals surface area contributed by atoms with E-state index in [1.165, 1.54) is 94.6 Å². The smallest absolute Gasteiger partial charge is 0.127 e. The molecule has 0 fully saturated rings. The summed E-state index contributed by atoms with van der Waals surface area (Å²) >= 11 is 0. The van der Waals surface area contributed by atoms with Gasteiger partial charge in [-0.25, -0.2) is 0 Å². The minimum absolute atomic E-state index is 0.128. The van der Waals surface area contributed by atoms with Crippen LogP contribution in [0.4, 0.5) is 11.4 Å². The number of ether oxygens (including phenoxy) is 2. The minimum atomic E-state index is -0.128. The molecule has 0 amide bonds. The van der Waals surface area contributed by atoms with E-state index < -0.39 is 0 Å². The monoisotopic (exact) mass is 606 g/mol. The molecule has 0 aliphatic heterocycles. The van der Waals surface area contributed by atoms with Gasteiger partial charge in [0.15, 0.2) is 0 Å². The maximum atomic E-state index is 6.09. The Kier molecular flexibility index (Phi) is 13.7. The number of nitrogen functional groups attached to an aromatic ring is 2. The van der Waals surface area contributed by atoms with Gasteiger partial charge in [-0.15, -0.1) is 0 Å². The highest BCUT2D eigenvalue weighted by atomic mass is 16.5. The van der Waals surface area contributed by atoms with Gasteiger partial charge in [0.05, 0.1) is 0 Å². The molecule has 4 nitrogen and oxygen atoms in total. The van der Waals surface area contributed by atoms with E-state index in [4.69, 9.17) is 20.9 Å². The zero-order valence-electron chi connectivity index (χ0n) is 27.6. The van der Waals surface area contributed by atoms with Gasteiger partial charge in [0.2, 0.25) is 0 Å². The number of anilines is 2. The van der Waals surface area contributed by atoms with Gasteiger partial charge in [0, 0.05) is 16.8 Å². The van der Waals surface area contributed by atoms with E-state index in [2.05, 4.69) is 62.4 Å². The van der Waals surface area contributed by atoms with Crippen LogP contribution in [0.15, 0.2) is 97.1 Å². The predicted octanol–water partition coefficient (Wildman–Crippen LogP) is 12.2. The van der Waals surface area contributed by atoms with Crippen LogP contribution < -0.4 is 20.9 Å². The van der Waals surface area contributed by atoms with Crippen LogP contribution in [-0.4, -0.2) is 0 Å². The lowest BCUT2D eigenvalue weighted by Crippen LogP contribution is -2.23. The second kappa shape index (κ2) is 18.1. The van der Waals surface area contributed by atoms with Gasteiger partial charge in [0.25, 0.3) is 0 Å². The highest BCUT2D eigenvalue weighted by Gasteiger charge is 2.28. The summed E-state index contributed by atoms with van der Waals surface area (Å²) in [5, 5.41) is 0. The topological polar surface area (TPSA) is 70.5 Å². The van der Waals surface area contributed by atoms with Gasteiger partial charge in [-0.05, 0) is 90.3 Å². The van der Waals surface area contributed by atoms with Crippen LogP contribution in [0, 0.1) is 0 Å². The quantitative estimate of drug-likeness (QED) is 0.0775. The molecular formula is C41H54N2O2. The largest absolute Gasteiger partial charge is 0.457 e. The third-order valence-corrected chi connectivity index (χ3v) is 8.99. The van der Waals surface area contributed by atoms with E-state index in [0.717, 1.165) is 40.8 Å². The third kappa shape index (κ3) is 11.2. The average Bonchev–Trinajstić information content (AvgIpc) is 3.06. The molecule has 240 valence electrons. The Balaban J connectivity index is 1.34. The molecule has 0 aliphatic carbocycles. The molecular weight excluding hydrogens is 552 g/mol. The van der Waals surface area contributed by atoms with Crippen molar-refractivity contribution in [2.24, 2.45) is 0 Å². The van der Waals surface area contributed by atoms with Gasteiger partial charge in [-0.2, -0.15) is 0 Å². The fourth-order valence-electron chi connectivity index (χ4n) is 6.08. The van der Waals surface area contributed by atoms with Crippen molar-refractivity contribution in [2.75, 3.05) is 11.5 Å². The molecule has 0 heterocycles. The molecule has 4 aromatic carbocycles. The summed E-state index contributed by atoms with van der Waals surface area (Å²) in [6, 6.07) is 32.2. The lowest BCUT2D eigenvalue weighted by molar-refractivity contribution is 0.461. The van der Waals surface area contributed by atoms with Gasteiger partial charge in [-0.1, -0.05) is 122 Å². The predicted molar refractivity (Wildman–Crippen MR) is 192 cm³/mol. The standard InChI is InChI=1S/C41H54N2O2/c1-3-4-5-6-7-8-9-10-11-12-13-14-15-32-41(2,33-16-24-37(25-17-33)44-39-28-20-35(42)21-29-39)34-18-26-38(27-19-34)45-40-30-22-36(43)23-31-40/h16-31H,3-15,32,42-43H2,1-2H3. The van der Waals surface area contributed by atoms with Crippen LogP contribution >= 0.6 is 0 Å². The molecule has 0 atom stereocenters. The molecule has 0 unspecified atom stereocenters. The first-order valence-corrected chi connectivity index (χ1v) is 17.2. The molecule has 0 aromatic heterocycles. The number of hydrogen-bond donors (Lipinski definition) is 2. The second-order valence-electron chi connectivity index (χ2n) is 12.7. The molecule has 45 heavy (non-hydrogen) atoms. The fraction of sp³-hybridized carbons (Fsp3) is 0.415. The molecule has 0 saturated heterocycles. The normalized spacial score (nSPS) is 11.4. The fourth-order valence-corrected chi connectivity index (χ4v) is 6.08. The van der Waals surface area contributed by atoms with E-state index >= 15 is 0 Å². The van der Waals surface area contributed by atoms with Gasteiger partial charge >= 0.3 is 0 Å². The zero-order chi connectivity index (χ0) is 31.7. The molecule has 0 spiro atoms. The molecule has 4 aromatic rings. The summed E-state index contributed by atoms with van der Waals surface area (Å²) in [7, 11) is 0. The Morgan fingerprint density at radius 1 is 0.422 bits per heavy atom. The number of nitrogens with two attached hydrogens (primary N) is 2. The molecule has 0 aliphatic rings. The molecule has 0 radical (unpaired) electrons. The lowest BCUT2D eigenvalue weighted by atomic mass is 9.72. The first kappa shape index (κ1) is 34.0. The van der Waals surface area contributed by atoms with Crippen molar-refractivity contribution in [2.45, 2.75) is 109 Å². The highest BCUT2D eigenvalue weighted by Crippen LogP contribution is 2.39. The van der Waals surface area contributed by atoms with E-state index in [1.807, 2.05) is 48.5 Å². The van der Waals surface area contributed by atoms with Crippen molar-refractivity contribution in [1.29, 1.82) is 0 Å². The maximum absolute atomic E-state index is 6.09. The Hall–Kier alpha value is -3.92. The lowest BCUT2D eigenvalue weighted by Gasteiger charge is -2.31. The zero-order valence-corrected chi connectivity index (χ0v) is 27.6. The maximum Gasteiger partial charge on any atom is 0.127 e. The summed E-state index contributed by atoms with van der Waals surface area (Å²) in [5.41, 5.74) is 15.6. The number of hydrogen-bond acceptors (Lipinski definition) is 4. The van der Waals surface area contributed by atoms with Crippen molar-refractivity contribution in [3.05, 3.63) is 108 Å². The number of rotatable bonds is 20. The van der Waals surface area contributed by atoms with E-state index in [9.17, 15) is 0 Å². The molecule has 0 bridgehead atoms. The molecule has 4 heteroatoms. The van der Waals surface area contributed by atoms with E-state index in [-0.39, 0.29) is 5.41 Å². The second-order valence-corrected chi connectivity index (χ2v) is 12.7. The van der Waals surface area contributed by atoms with Gasteiger partial charge in [-0.3, -0.25) is 0 Å². The van der Waals surface area contributed by atoms with Gasteiger partial charge in [0.1, 0.15) is 23.0 Å². The van der Waals surface area contributed by atoms with Crippen molar-refractivity contribution in [3.8, 4) is 23.0 Å². The highest BCUT2D eigenvalue weighted by molar-refractivity contribution is 5.47. The van der Waals surface area contributed by atoms with Crippen LogP contribution in [0.5, 0.6) is 23.0 Å². The molecule has 4 N–H and O–H groups in total. The molecule has 4 rings (SSSR count). The Morgan fingerprint density at radius 2 is 0.711 bits per heavy atom. The van der Waals surface area contributed by atoms with Crippen LogP contribution in [-0.2, 0) is 5.41 Å². The van der Waals surface area contributed by atoms with Crippen molar-refractivity contribution >= 4 is 11.4 Å². The first-order valence-electron chi connectivity index (χ1n) is 17.2. The SMILES string of the molecule is CCCCCCCCCCCCCCCC(C)(c1ccc(Oc2ccc(N)cc2)cc1)c1ccc(Oc2ccc(N)cc2)cc1. The van der Waals surface area contributed by atoms with E-state index in [1.54, 1.807) is 0 Å².